The molecule has 2 rings (SSSR count). The molecular weight excluding hydrogens is 301 g/mol. The second-order valence-corrected chi connectivity index (χ2v) is 4.55. The second-order valence-electron chi connectivity index (χ2n) is 4.55. The van der Waals surface area contributed by atoms with Gasteiger partial charge in [-0.2, -0.15) is 13.2 Å². The van der Waals surface area contributed by atoms with E-state index in [-0.39, 0.29) is 24.5 Å². The zero-order valence-electron chi connectivity index (χ0n) is 11.6. The van der Waals surface area contributed by atoms with Crippen molar-refractivity contribution in [2.75, 3.05) is 20.2 Å². The third-order valence-corrected chi connectivity index (χ3v) is 2.93. The van der Waals surface area contributed by atoms with E-state index in [0.29, 0.717) is 0 Å². The van der Waals surface area contributed by atoms with Crippen LogP contribution >= 0.6 is 0 Å². The van der Waals surface area contributed by atoms with Crippen molar-refractivity contribution in [1.82, 2.24) is 19.9 Å². The lowest BCUT2D eigenvalue weighted by Crippen LogP contribution is -2.29. The summed E-state index contributed by atoms with van der Waals surface area (Å²) in [6.45, 7) is -0.0841. The summed E-state index contributed by atoms with van der Waals surface area (Å²) in [5.74, 6) is -0.479. The molecule has 1 N–H and O–H groups in total. The number of alkyl halides is 3. The molecular formula is C13H13F3N4O2. The molecule has 1 amide bonds. The van der Waals surface area contributed by atoms with Gasteiger partial charge in [-0.25, -0.2) is 4.68 Å². The zero-order valence-corrected chi connectivity index (χ0v) is 11.6. The van der Waals surface area contributed by atoms with E-state index >= 15 is 0 Å². The number of halogens is 3. The van der Waals surface area contributed by atoms with Crippen molar-refractivity contribution in [2.45, 2.75) is 6.18 Å². The van der Waals surface area contributed by atoms with Crippen LogP contribution in [0.3, 0.4) is 0 Å². The van der Waals surface area contributed by atoms with Gasteiger partial charge in [0.1, 0.15) is 0 Å². The first kappa shape index (κ1) is 16.0. The molecule has 0 atom stereocenters. The van der Waals surface area contributed by atoms with Gasteiger partial charge in [-0.1, -0.05) is 11.3 Å². The number of rotatable bonds is 4. The van der Waals surface area contributed by atoms with Gasteiger partial charge in [0.25, 0.3) is 5.91 Å². The van der Waals surface area contributed by atoms with Crippen LogP contribution in [0, 0.1) is 0 Å². The SMILES string of the molecule is CN(CCO)C(=O)c1cn(-c2cccc(C(F)(F)F)c2)nn1. The standard InChI is InChI=1S/C13H13F3N4O2/c1-19(5-6-21)12(22)11-8-20(18-17-11)10-4-2-3-9(7-10)13(14,15)16/h2-4,7-8,21H,5-6H2,1H3. The number of benzene rings is 1. The Balaban J connectivity index is 2.27. The molecule has 0 saturated heterocycles. The smallest absolute Gasteiger partial charge is 0.395 e. The van der Waals surface area contributed by atoms with Gasteiger partial charge in [-0.05, 0) is 18.2 Å². The molecule has 0 spiro atoms. The van der Waals surface area contributed by atoms with Gasteiger partial charge in [0.15, 0.2) is 5.69 Å². The van der Waals surface area contributed by atoms with Gasteiger partial charge >= 0.3 is 6.18 Å². The summed E-state index contributed by atoms with van der Waals surface area (Å²) in [6, 6.07) is 4.54. The Hall–Kier alpha value is -2.42. The predicted octanol–water partition coefficient (Wildman–Crippen LogP) is 1.35. The fraction of sp³-hybridized carbons (Fsp3) is 0.308. The molecule has 0 radical (unpaired) electrons. The number of hydrogen-bond acceptors (Lipinski definition) is 4. The highest BCUT2D eigenvalue weighted by molar-refractivity contribution is 5.91. The molecule has 0 bridgehead atoms. The molecule has 0 saturated carbocycles. The fourth-order valence-electron chi connectivity index (χ4n) is 1.76. The van der Waals surface area contributed by atoms with Crippen LogP contribution in [0.5, 0.6) is 0 Å². The molecule has 2 aromatic rings. The van der Waals surface area contributed by atoms with Crippen LogP contribution in [0.4, 0.5) is 13.2 Å². The molecule has 0 aliphatic carbocycles. The second kappa shape index (κ2) is 6.14. The lowest BCUT2D eigenvalue weighted by atomic mass is 10.2. The summed E-state index contributed by atoms with van der Waals surface area (Å²) < 4.78 is 39.1. The number of carbonyl (C=O) groups is 1. The van der Waals surface area contributed by atoms with Crippen LogP contribution in [-0.4, -0.2) is 51.1 Å². The van der Waals surface area contributed by atoms with Crippen molar-refractivity contribution in [3.8, 4) is 5.69 Å². The van der Waals surface area contributed by atoms with E-state index in [1.165, 1.54) is 30.3 Å². The van der Waals surface area contributed by atoms with Gasteiger partial charge in [0.2, 0.25) is 0 Å². The largest absolute Gasteiger partial charge is 0.416 e. The number of nitrogens with zero attached hydrogens (tertiary/aromatic N) is 4. The fourth-order valence-corrected chi connectivity index (χ4v) is 1.76. The van der Waals surface area contributed by atoms with Gasteiger partial charge in [-0.15, -0.1) is 5.10 Å². The number of aromatic nitrogens is 3. The van der Waals surface area contributed by atoms with Crippen LogP contribution in [0.25, 0.3) is 5.69 Å². The maximum Gasteiger partial charge on any atom is 0.416 e. The summed E-state index contributed by atoms with van der Waals surface area (Å²) in [6.07, 6.45) is -3.22. The average molecular weight is 314 g/mol. The van der Waals surface area contributed by atoms with E-state index < -0.39 is 17.6 Å². The summed E-state index contributed by atoms with van der Waals surface area (Å²) in [4.78, 5) is 13.2. The highest BCUT2D eigenvalue weighted by Crippen LogP contribution is 2.30. The minimum absolute atomic E-state index is 0.0200. The van der Waals surface area contributed by atoms with E-state index in [1.807, 2.05) is 0 Å². The van der Waals surface area contributed by atoms with Crippen molar-refractivity contribution in [3.63, 3.8) is 0 Å². The highest BCUT2D eigenvalue weighted by Gasteiger charge is 2.30. The summed E-state index contributed by atoms with van der Waals surface area (Å²) in [7, 11) is 1.47. The molecule has 1 aromatic heterocycles. The van der Waals surface area contributed by atoms with Crippen molar-refractivity contribution >= 4 is 5.91 Å². The first-order valence-electron chi connectivity index (χ1n) is 6.29. The van der Waals surface area contributed by atoms with Crippen LogP contribution in [0.1, 0.15) is 16.1 Å². The van der Waals surface area contributed by atoms with Crippen LogP contribution in [-0.2, 0) is 6.18 Å². The Kier molecular flexibility index (Phi) is 4.45. The summed E-state index contributed by atoms with van der Waals surface area (Å²) in [5, 5.41) is 16.1. The minimum atomic E-state index is -4.46. The van der Waals surface area contributed by atoms with Crippen LogP contribution < -0.4 is 0 Å². The summed E-state index contributed by atoms with van der Waals surface area (Å²) >= 11 is 0. The zero-order chi connectivity index (χ0) is 16.3. The van der Waals surface area contributed by atoms with E-state index in [9.17, 15) is 18.0 Å². The van der Waals surface area contributed by atoms with E-state index in [0.717, 1.165) is 16.8 Å². The first-order valence-corrected chi connectivity index (χ1v) is 6.29. The number of aliphatic hydroxyl groups excluding tert-OH is 1. The minimum Gasteiger partial charge on any atom is -0.395 e. The Bertz CT molecular complexity index is 669. The maximum absolute atomic E-state index is 12.7. The molecule has 1 heterocycles. The van der Waals surface area contributed by atoms with Crippen molar-refractivity contribution < 1.29 is 23.1 Å². The lowest BCUT2D eigenvalue weighted by molar-refractivity contribution is -0.137. The molecule has 0 unspecified atom stereocenters. The van der Waals surface area contributed by atoms with Crippen LogP contribution in [0.15, 0.2) is 30.5 Å². The first-order chi connectivity index (χ1) is 10.3. The molecule has 118 valence electrons. The number of hydrogen-bond donors (Lipinski definition) is 1. The topological polar surface area (TPSA) is 71.2 Å². The Morgan fingerprint density at radius 1 is 1.41 bits per heavy atom. The quantitative estimate of drug-likeness (QED) is 0.925. The lowest BCUT2D eigenvalue weighted by Gasteiger charge is -2.13. The molecule has 9 heteroatoms. The number of aliphatic hydroxyl groups is 1. The van der Waals surface area contributed by atoms with Crippen molar-refractivity contribution in [1.29, 1.82) is 0 Å². The van der Waals surface area contributed by atoms with Crippen molar-refractivity contribution in [3.05, 3.63) is 41.7 Å². The van der Waals surface area contributed by atoms with E-state index in [4.69, 9.17) is 5.11 Å². The van der Waals surface area contributed by atoms with E-state index in [2.05, 4.69) is 10.3 Å². The molecule has 0 aliphatic rings. The third kappa shape index (κ3) is 3.42. The monoisotopic (exact) mass is 314 g/mol. The van der Waals surface area contributed by atoms with E-state index in [1.54, 1.807) is 0 Å². The average Bonchev–Trinajstić information content (AvgIpc) is 2.95. The number of amides is 1. The van der Waals surface area contributed by atoms with Gasteiger partial charge < -0.3 is 10.0 Å². The summed E-state index contributed by atoms with van der Waals surface area (Å²) in [5.41, 5.74) is -0.690. The molecule has 6 nitrogen and oxygen atoms in total. The highest BCUT2D eigenvalue weighted by atomic mass is 19.4. The molecule has 0 fully saturated rings. The Morgan fingerprint density at radius 2 is 2.14 bits per heavy atom. The Labute approximate surface area is 123 Å². The van der Waals surface area contributed by atoms with Crippen LogP contribution in [0.2, 0.25) is 0 Å². The number of carbonyl (C=O) groups excluding carboxylic acids is 1. The van der Waals surface area contributed by atoms with Crippen molar-refractivity contribution in [2.24, 2.45) is 0 Å². The predicted molar refractivity (Wildman–Crippen MR) is 70.4 cm³/mol. The molecule has 1 aromatic carbocycles. The van der Waals surface area contributed by atoms with Gasteiger partial charge in [0.05, 0.1) is 24.1 Å². The third-order valence-electron chi connectivity index (χ3n) is 2.93. The Morgan fingerprint density at radius 3 is 2.77 bits per heavy atom. The van der Waals surface area contributed by atoms with Gasteiger partial charge in [0, 0.05) is 13.6 Å². The number of likely N-dealkylation sites (N-methyl/N-ethyl adjacent to an activating group) is 1. The molecule has 0 aliphatic heterocycles. The maximum atomic E-state index is 12.7. The van der Waals surface area contributed by atoms with Gasteiger partial charge in [-0.3, -0.25) is 4.79 Å². The normalized spacial score (nSPS) is 11.5. The molecule has 22 heavy (non-hydrogen) atoms.